The molecule has 4 aliphatic rings. The molecule has 0 aromatic heterocycles. The van der Waals surface area contributed by atoms with Gasteiger partial charge in [-0.1, -0.05) is 18.2 Å². The smallest absolute Gasteiger partial charge is 0.224 e. The average Bonchev–Trinajstić information content (AvgIpc) is 2.98. The molecule has 1 amide bonds. The van der Waals surface area contributed by atoms with Gasteiger partial charge in [0.2, 0.25) is 5.91 Å². The molecule has 2 N–H and O–H groups in total. The Morgan fingerprint density at radius 3 is 2.88 bits per heavy atom. The maximum Gasteiger partial charge on any atom is 0.224 e. The van der Waals surface area contributed by atoms with Crippen LogP contribution in [0.5, 0.6) is 0 Å². The molecule has 0 radical (unpaired) electrons. The third-order valence-electron chi connectivity index (χ3n) is 5.73. The zero-order valence-corrected chi connectivity index (χ0v) is 16.7. The minimum atomic E-state index is -0.0379. The van der Waals surface area contributed by atoms with E-state index in [0.717, 1.165) is 38.4 Å². The van der Waals surface area contributed by atoms with Crippen molar-refractivity contribution < 1.29 is 4.79 Å². The van der Waals surface area contributed by atoms with E-state index in [1.165, 1.54) is 18.6 Å². The summed E-state index contributed by atoms with van der Waals surface area (Å²) in [6.07, 6.45) is 12.0. The Hall–Kier alpha value is -0.490. The van der Waals surface area contributed by atoms with Gasteiger partial charge in [-0.2, -0.15) is 0 Å². The lowest BCUT2D eigenvalue weighted by Gasteiger charge is -2.38. The van der Waals surface area contributed by atoms with E-state index in [2.05, 4.69) is 34.9 Å². The molecule has 0 aromatic rings. The van der Waals surface area contributed by atoms with Crippen molar-refractivity contribution >= 4 is 48.2 Å². The van der Waals surface area contributed by atoms with Crippen LogP contribution in [0, 0.1) is 17.8 Å². The van der Waals surface area contributed by atoms with Crippen molar-refractivity contribution in [2.24, 2.45) is 22.7 Å². The van der Waals surface area contributed by atoms with Crippen LogP contribution in [0.2, 0.25) is 0 Å². The third kappa shape index (κ3) is 3.95. The van der Waals surface area contributed by atoms with E-state index in [-0.39, 0.29) is 41.4 Å². The Bertz CT molecular complexity index is 575. The summed E-state index contributed by atoms with van der Waals surface area (Å²) in [5.74, 6) is 2.35. The molecule has 0 aromatic carbocycles. The van der Waals surface area contributed by atoms with Gasteiger partial charge in [0.15, 0.2) is 0 Å². The van der Waals surface area contributed by atoms with Crippen molar-refractivity contribution in [2.45, 2.75) is 24.0 Å². The lowest BCUT2D eigenvalue weighted by molar-refractivity contribution is -0.126. The van der Waals surface area contributed by atoms with Gasteiger partial charge in [-0.05, 0) is 50.3 Å². The number of nitrogens with one attached hydrogen (secondary N) is 2. The van der Waals surface area contributed by atoms with Crippen molar-refractivity contribution in [2.75, 3.05) is 31.9 Å². The molecule has 3 unspecified atom stereocenters. The van der Waals surface area contributed by atoms with Crippen LogP contribution in [-0.4, -0.2) is 48.3 Å². The Morgan fingerprint density at radius 2 is 2.08 bits per heavy atom. The number of allylic oxidation sites excluding steroid dienone is 3. The van der Waals surface area contributed by atoms with Crippen molar-refractivity contribution in [1.29, 1.82) is 0 Å². The predicted molar refractivity (Wildman–Crippen MR) is 110 cm³/mol. The molecule has 7 heteroatoms. The van der Waals surface area contributed by atoms with Gasteiger partial charge in [0.1, 0.15) is 0 Å². The van der Waals surface area contributed by atoms with Crippen LogP contribution in [-0.2, 0) is 4.79 Å². The lowest BCUT2D eigenvalue weighted by atomic mass is 9.74. The molecule has 3 aliphatic heterocycles. The predicted octanol–water partition coefficient (Wildman–Crippen LogP) is 2.63. The number of hydrogen-bond donors (Lipinski definition) is 2. The molecular weight excluding hydrogens is 377 g/mol. The van der Waals surface area contributed by atoms with Gasteiger partial charge in [-0.25, -0.2) is 0 Å². The fourth-order valence-corrected chi connectivity index (χ4v) is 6.17. The molecule has 3 heterocycles. The first-order valence-electron chi connectivity index (χ1n) is 8.83. The van der Waals surface area contributed by atoms with Gasteiger partial charge < -0.3 is 10.6 Å². The molecule has 0 bridgehead atoms. The van der Waals surface area contributed by atoms with Crippen LogP contribution in [0.4, 0.5) is 0 Å². The number of nitrogens with zero attached hydrogens (tertiary/aromatic N) is 1. The summed E-state index contributed by atoms with van der Waals surface area (Å²) in [5.41, 5.74) is 1.18. The molecule has 3 atom stereocenters. The van der Waals surface area contributed by atoms with E-state index in [1.807, 2.05) is 11.8 Å². The minimum absolute atomic E-state index is 0. The van der Waals surface area contributed by atoms with E-state index >= 15 is 0 Å². The standard InChI is InChI=1S/C18H25N3OS.2ClH/c22-17(21-11-13-4-8-19-9-5-13)14-12-23-18-7-2-1-3-16(18)20-10-6-15(14)18;;/h1-3,7,13-15,19H,4-6,8-12H2,(H,21,22);2*1H. The number of piperidine rings is 1. The number of carbonyl (C=O) groups is 1. The summed E-state index contributed by atoms with van der Waals surface area (Å²) in [7, 11) is 0. The molecule has 1 aliphatic carbocycles. The first-order chi connectivity index (χ1) is 11.3. The number of rotatable bonds is 3. The highest BCUT2D eigenvalue weighted by Crippen LogP contribution is 2.52. The highest BCUT2D eigenvalue weighted by molar-refractivity contribution is 8.02. The molecular formula is C18H27Cl2N3OS. The van der Waals surface area contributed by atoms with Gasteiger partial charge >= 0.3 is 0 Å². The van der Waals surface area contributed by atoms with Crippen LogP contribution in [0.3, 0.4) is 0 Å². The largest absolute Gasteiger partial charge is 0.356 e. The molecule has 4 nitrogen and oxygen atoms in total. The van der Waals surface area contributed by atoms with Crippen LogP contribution < -0.4 is 10.6 Å². The maximum atomic E-state index is 12.8. The second-order valence-corrected chi connectivity index (χ2v) is 8.33. The first-order valence-corrected chi connectivity index (χ1v) is 9.81. The number of thioether (sulfide) groups is 1. The Morgan fingerprint density at radius 1 is 1.28 bits per heavy atom. The van der Waals surface area contributed by atoms with Crippen molar-refractivity contribution in [3.8, 4) is 0 Å². The summed E-state index contributed by atoms with van der Waals surface area (Å²) in [5, 5.41) is 6.64. The minimum Gasteiger partial charge on any atom is -0.356 e. The van der Waals surface area contributed by atoms with Gasteiger partial charge in [-0.3, -0.25) is 9.79 Å². The number of halogens is 2. The third-order valence-corrected chi connectivity index (χ3v) is 7.38. The van der Waals surface area contributed by atoms with Crippen molar-refractivity contribution in [3.63, 3.8) is 0 Å². The number of carbonyl (C=O) groups excluding carboxylic acids is 1. The first kappa shape index (κ1) is 20.8. The maximum absolute atomic E-state index is 12.8. The fourth-order valence-electron chi connectivity index (χ4n) is 4.38. The molecule has 0 saturated carbocycles. The monoisotopic (exact) mass is 403 g/mol. The van der Waals surface area contributed by atoms with Crippen LogP contribution in [0.25, 0.3) is 0 Å². The van der Waals surface area contributed by atoms with E-state index in [4.69, 9.17) is 4.99 Å². The van der Waals surface area contributed by atoms with Crippen LogP contribution in [0.1, 0.15) is 19.3 Å². The molecule has 1 spiro atoms. The zero-order chi connectivity index (χ0) is 15.7. The summed E-state index contributed by atoms with van der Waals surface area (Å²) >= 11 is 1.92. The van der Waals surface area contributed by atoms with Crippen LogP contribution >= 0.6 is 36.6 Å². The van der Waals surface area contributed by atoms with Crippen LogP contribution in [0.15, 0.2) is 29.3 Å². The van der Waals surface area contributed by atoms with E-state index in [0.29, 0.717) is 11.8 Å². The summed E-state index contributed by atoms with van der Waals surface area (Å²) in [4.78, 5) is 17.5. The number of aliphatic imine (C=N–C) groups is 1. The van der Waals surface area contributed by atoms with E-state index in [9.17, 15) is 4.79 Å². The molecule has 140 valence electrons. The SMILES string of the molecule is Cl.Cl.O=C(NCC1CCNCC1)C1CSC23C=CC=CC2=NCCC13. The average molecular weight is 404 g/mol. The zero-order valence-electron chi connectivity index (χ0n) is 14.3. The second-order valence-electron chi connectivity index (χ2n) is 7.03. The Kier molecular flexibility index (Phi) is 7.44. The second kappa shape index (κ2) is 8.94. The molecule has 25 heavy (non-hydrogen) atoms. The molecule has 2 fully saturated rings. The topological polar surface area (TPSA) is 53.5 Å². The fraction of sp³-hybridized carbons (Fsp3) is 0.667. The summed E-state index contributed by atoms with van der Waals surface area (Å²) in [6, 6.07) is 0. The van der Waals surface area contributed by atoms with Gasteiger partial charge in [-0.15, -0.1) is 36.6 Å². The van der Waals surface area contributed by atoms with Crippen molar-refractivity contribution in [1.82, 2.24) is 10.6 Å². The van der Waals surface area contributed by atoms with Gasteiger partial charge in [0, 0.05) is 18.8 Å². The highest BCUT2D eigenvalue weighted by Gasteiger charge is 2.53. The Labute approximate surface area is 166 Å². The van der Waals surface area contributed by atoms with E-state index in [1.54, 1.807) is 0 Å². The highest BCUT2D eigenvalue weighted by atomic mass is 35.5. The number of hydrogen-bond acceptors (Lipinski definition) is 4. The molecule has 4 rings (SSSR count). The van der Waals surface area contributed by atoms with Gasteiger partial charge in [0.05, 0.1) is 16.4 Å². The normalized spacial score (nSPS) is 33.4. The van der Waals surface area contributed by atoms with Gasteiger partial charge in [0.25, 0.3) is 0 Å². The van der Waals surface area contributed by atoms with E-state index < -0.39 is 0 Å². The van der Waals surface area contributed by atoms with Crippen molar-refractivity contribution in [3.05, 3.63) is 24.3 Å². The quantitative estimate of drug-likeness (QED) is 0.761. The molecule has 2 saturated heterocycles. The Balaban J connectivity index is 0.00000113. The summed E-state index contributed by atoms with van der Waals surface area (Å²) in [6.45, 7) is 3.88. The number of amides is 1. The lowest BCUT2D eigenvalue weighted by Crippen LogP contribution is -2.47. The summed E-state index contributed by atoms with van der Waals surface area (Å²) < 4.78 is -0.0379.